The molecule has 0 saturated carbocycles. The Labute approximate surface area is 164 Å². The lowest BCUT2D eigenvalue weighted by Crippen LogP contribution is -2.47. The Hall–Kier alpha value is -1.67. The Balaban J connectivity index is 1.40. The third-order valence-corrected chi connectivity index (χ3v) is 6.32. The topological polar surface area (TPSA) is 52.7 Å². The highest BCUT2D eigenvalue weighted by Crippen LogP contribution is 2.19. The van der Waals surface area contributed by atoms with Gasteiger partial charge in [0.2, 0.25) is 10.0 Å². The number of sulfonamides is 1. The van der Waals surface area contributed by atoms with E-state index in [2.05, 4.69) is 14.5 Å². The van der Waals surface area contributed by atoms with Crippen LogP contribution in [-0.2, 0) is 10.0 Å². The number of nitrogens with one attached hydrogen (secondary N) is 1. The molecule has 1 fully saturated rings. The summed E-state index contributed by atoms with van der Waals surface area (Å²) in [4.78, 5) is 4.60. The van der Waals surface area contributed by atoms with Gasteiger partial charge in [0.15, 0.2) is 0 Å². The van der Waals surface area contributed by atoms with Crippen LogP contribution in [0.4, 0.5) is 10.1 Å². The second kappa shape index (κ2) is 9.01. The molecule has 1 aliphatic rings. The molecule has 1 N–H and O–H groups in total. The van der Waals surface area contributed by atoms with Crippen molar-refractivity contribution in [1.29, 1.82) is 0 Å². The summed E-state index contributed by atoms with van der Waals surface area (Å²) in [6, 6.07) is 12.9. The van der Waals surface area contributed by atoms with E-state index in [0.29, 0.717) is 13.0 Å². The number of nitrogens with zero attached hydrogens (tertiary/aromatic N) is 2. The van der Waals surface area contributed by atoms with Gasteiger partial charge in [-0.15, -0.1) is 0 Å². The molecule has 1 heterocycles. The highest BCUT2D eigenvalue weighted by atomic mass is 35.5. The molecule has 0 bridgehead atoms. The van der Waals surface area contributed by atoms with Crippen molar-refractivity contribution in [2.75, 3.05) is 44.2 Å². The maximum atomic E-state index is 13.2. The lowest BCUT2D eigenvalue weighted by Gasteiger charge is -2.36. The average molecular weight is 412 g/mol. The number of benzene rings is 2. The zero-order chi connectivity index (χ0) is 19.3. The molecule has 2 aromatic carbocycles. The van der Waals surface area contributed by atoms with E-state index in [9.17, 15) is 12.8 Å². The van der Waals surface area contributed by atoms with E-state index in [-0.39, 0.29) is 4.90 Å². The molecule has 27 heavy (non-hydrogen) atoms. The van der Waals surface area contributed by atoms with Crippen LogP contribution in [0, 0.1) is 5.82 Å². The van der Waals surface area contributed by atoms with Gasteiger partial charge >= 0.3 is 0 Å². The summed E-state index contributed by atoms with van der Waals surface area (Å²) in [5.41, 5.74) is 1.17. The van der Waals surface area contributed by atoms with Crippen LogP contribution in [0.3, 0.4) is 0 Å². The number of hydrogen-bond acceptors (Lipinski definition) is 4. The molecule has 8 heteroatoms. The van der Waals surface area contributed by atoms with Gasteiger partial charge in [-0.3, -0.25) is 4.90 Å². The predicted octanol–water partition coefficient (Wildman–Crippen LogP) is 2.97. The van der Waals surface area contributed by atoms with Crippen LogP contribution in [0.15, 0.2) is 53.4 Å². The van der Waals surface area contributed by atoms with Gasteiger partial charge in [-0.25, -0.2) is 17.5 Å². The minimum Gasteiger partial charge on any atom is -0.369 e. The first-order valence-corrected chi connectivity index (χ1v) is 10.8. The van der Waals surface area contributed by atoms with E-state index in [1.165, 1.54) is 23.9 Å². The van der Waals surface area contributed by atoms with Gasteiger partial charge < -0.3 is 4.90 Å². The van der Waals surface area contributed by atoms with Gasteiger partial charge in [-0.1, -0.05) is 17.7 Å². The predicted molar refractivity (Wildman–Crippen MR) is 106 cm³/mol. The maximum absolute atomic E-state index is 13.2. The maximum Gasteiger partial charge on any atom is 0.240 e. The molecule has 3 rings (SSSR count). The second-order valence-corrected chi connectivity index (χ2v) is 8.72. The van der Waals surface area contributed by atoms with Gasteiger partial charge in [0.25, 0.3) is 0 Å². The molecule has 0 aromatic heterocycles. The van der Waals surface area contributed by atoms with Gasteiger partial charge in [0, 0.05) is 43.4 Å². The number of rotatable bonds is 7. The zero-order valence-electron chi connectivity index (χ0n) is 14.9. The lowest BCUT2D eigenvalue weighted by molar-refractivity contribution is 0.255. The van der Waals surface area contributed by atoms with Crippen molar-refractivity contribution in [1.82, 2.24) is 9.62 Å². The van der Waals surface area contributed by atoms with Crippen molar-refractivity contribution in [2.24, 2.45) is 0 Å². The van der Waals surface area contributed by atoms with Crippen LogP contribution in [0.1, 0.15) is 6.42 Å². The Bertz CT molecular complexity index is 854. The van der Waals surface area contributed by atoms with Crippen molar-refractivity contribution in [2.45, 2.75) is 11.3 Å². The van der Waals surface area contributed by atoms with Crippen LogP contribution in [0.5, 0.6) is 0 Å². The Morgan fingerprint density at radius 1 is 1.04 bits per heavy atom. The Morgan fingerprint density at radius 2 is 1.74 bits per heavy atom. The molecule has 1 saturated heterocycles. The first kappa shape index (κ1) is 20.1. The van der Waals surface area contributed by atoms with Crippen molar-refractivity contribution in [3.8, 4) is 0 Å². The molecule has 0 atom stereocenters. The molecule has 0 aliphatic carbocycles. The minimum absolute atomic E-state index is 0.0425. The number of piperazine rings is 1. The summed E-state index contributed by atoms with van der Waals surface area (Å²) >= 11 is 5.93. The number of halogens is 2. The minimum atomic E-state index is -3.66. The fourth-order valence-electron chi connectivity index (χ4n) is 3.11. The summed E-state index contributed by atoms with van der Waals surface area (Å²) in [7, 11) is -3.66. The molecule has 0 unspecified atom stereocenters. The summed E-state index contributed by atoms with van der Waals surface area (Å²) < 4.78 is 40.0. The highest BCUT2D eigenvalue weighted by molar-refractivity contribution is 7.89. The van der Waals surface area contributed by atoms with E-state index in [1.807, 2.05) is 24.3 Å². The van der Waals surface area contributed by atoms with E-state index >= 15 is 0 Å². The van der Waals surface area contributed by atoms with Crippen LogP contribution in [0.2, 0.25) is 5.02 Å². The fourth-order valence-corrected chi connectivity index (χ4v) is 4.34. The number of hydrogen-bond donors (Lipinski definition) is 1. The van der Waals surface area contributed by atoms with Crippen LogP contribution in [0.25, 0.3) is 0 Å². The van der Waals surface area contributed by atoms with Crippen molar-refractivity contribution in [3.05, 3.63) is 59.4 Å². The summed E-state index contributed by atoms with van der Waals surface area (Å²) in [6.07, 6.45) is 0.704. The van der Waals surface area contributed by atoms with Gasteiger partial charge in [0.1, 0.15) is 5.82 Å². The lowest BCUT2D eigenvalue weighted by atomic mass is 10.2. The Kier molecular flexibility index (Phi) is 6.70. The van der Waals surface area contributed by atoms with E-state index < -0.39 is 15.8 Å². The van der Waals surface area contributed by atoms with Crippen LogP contribution in [-0.4, -0.2) is 52.6 Å². The first-order chi connectivity index (χ1) is 12.9. The van der Waals surface area contributed by atoms with Gasteiger partial charge in [-0.05, 0) is 55.4 Å². The fraction of sp³-hybridized carbons (Fsp3) is 0.368. The molecule has 0 radical (unpaired) electrons. The van der Waals surface area contributed by atoms with Crippen molar-refractivity contribution >= 4 is 27.3 Å². The third kappa shape index (κ3) is 5.65. The molecule has 2 aromatic rings. The molecular formula is C19H23ClFN3O2S. The van der Waals surface area contributed by atoms with Crippen LogP contribution < -0.4 is 9.62 Å². The molecular weight excluding hydrogens is 389 g/mol. The van der Waals surface area contributed by atoms with Gasteiger partial charge in [-0.2, -0.15) is 0 Å². The van der Waals surface area contributed by atoms with Crippen molar-refractivity contribution in [3.63, 3.8) is 0 Å². The monoisotopic (exact) mass is 411 g/mol. The van der Waals surface area contributed by atoms with E-state index in [0.717, 1.165) is 43.8 Å². The van der Waals surface area contributed by atoms with E-state index in [4.69, 9.17) is 11.6 Å². The summed E-state index contributed by atoms with van der Waals surface area (Å²) in [5, 5.41) is 0.734. The molecule has 1 aliphatic heterocycles. The normalized spacial score (nSPS) is 15.9. The quantitative estimate of drug-likeness (QED) is 0.712. The smallest absolute Gasteiger partial charge is 0.240 e. The third-order valence-electron chi connectivity index (χ3n) is 4.61. The average Bonchev–Trinajstić information content (AvgIpc) is 2.66. The zero-order valence-corrected chi connectivity index (χ0v) is 16.5. The Morgan fingerprint density at radius 3 is 2.41 bits per heavy atom. The van der Waals surface area contributed by atoms with Crippen LogP contribution >= 0.6 is 11.6 Å². The standard InChI is InChI=1S/C19H23ClFN3O2S/c20-16-5-7-18(8-6-16)24-13-11-23(12-14-24)10-2-9-22-27(25,26)19-4-1-3-17(21)15-19/h1,3-8,15,22H,2,9-14H2. The summed E-state index contributed by atoms with van der Waals surface area (Å²) in [6.45, 7) is 4.86. The van der Waals surface area contributed by atoms with E-state index in [1.54, 1.807) is 0 Å². The van der Waals surface area contributed by atoms with Gasteiger partial charge in [0.05, 0.1) is 4.90 Å². The highest BCUT2D eigenvalue weighted by Gasteiger charge is 2.18. The molecule has 5 nitrogen and oxygen atoms in total. The number of anilines is 1. The SMILES string of the molecule is O=S(=O)(NCCCN1CCN(c2ccc(Cl)cc2)CC1)c1cccc(F)c1. The molecule has 0 amide bonds. The van der Waals surface area contributed by atoms with Crippen molar-refractivity contribution < 1.29 is 12.8 Å². The summed E-state index contributed by atoms with van der Waals surface area (Å²) in [5.74, 6) is -0.559. The largest absolute Gasteiger partial charge is 0.369 e. The molecule has 146 valence electrons. The first-order valence-electron chi connectivity index (χ1n) is 8.92. The molecule has 0 spiro atoms. The second-order valence-electron chi connectivity index (χ2n) is 6.51.